The molecule has 1 heterocycles. The first-order valence-electron chi connectivity index (χ1n) is 9.69. The number of hydrogen-bond donors (Lipinski definition) is 0. The largest absolute Gasteiger partial charge is 0.497 e. The lowest BCUT2D eigenvalue weighted by Crippen LogP contribution is -2.19. The van der Waals surface area contributed by atoms with Crippen molar-refractivity contribution in [3.8, 4) is 17.4 Å². The van der Waals surface area contributed by atoms with E-state index in [1.807, 2.05) is 49.4 Å². The molecule has 0 bridgehead atoms. The van der Waals surface area contributed by atoms with E-state index in [4.69, 9.17) is 9.47 Å². The Morgan fingerprint density at radius 2 is 1.68 bits per heavy atom. The van der Waals surface area contributed by atoms with Gasteiger partial charge in [-0.2, -0.15) is 4.98 Å². The van der Waals surface area contributed by atoms with E-state index in [9.17, 15) is 10.1 Å². The van der Waals surface area contributed by atoms with Crippen LogP contribution in [0.1, 0.15) is 6.92 Å². The number of fused-ring (bicyclic) bond motifs is 1. The average molecular weight is 416 g/mol. The normalized spacial score (nSPS) is 10.6. The highest BCUT2D eigenvalue weighted by Crippen LogP contribution is 2.40. The fourth-order valence-corrected chi connectivity index (χ4v) is 3.42. The molecule has 0 fully saturated rings. The predicted molar refractivity (Wildman–Crippen MR) is 118 cm³/mol. The maximum absolute atomic E-state index is 12.0. The first kappa shape index (κ1) is 20.1. The molecule has 0 saturated heterocycles. The molecule has 0 saturated carbocycles. The second-order valence-corrected chi connectivity index (χ2v) is 6.63. The summed E-state index contributed by atoms with van der Waals surface area (Å²) >= 11 is 0. The van der Waals surface area contributed by atoms with Crippen molar-refractivity contribution in [2.75, 3.05) is 18.6 Å². The molecule has 4 rings (SSSR count). The van der Waals surface area contributed by atoms with E-state index in [1.165, 1.54) is 6.33 Å². The topological polar surface area (TPSA) is 90.6 Å². The van der Waals surface area contributed by atoms with E-state index < -0.39 is 4.92 Å². The van der Waals surface area contributed by atoms with Crippen molar-refractivity contribution < 1.29 is 14.4 Å². The maximum atomic E-state index is 12.0. The van der Waals surface area contributed by atoms with Crippen LogP contribution >= 0.6 is 0 Å². The van der Waals surface area contributed by atoms with Gasteiger partial charge in [-0.25, -0.2) is 4.98 Å². The third-order valence-corrected chi connectivity index (χ3v) is 4.86. The van der Waals surface area contributed by atoms with Gasteiger partial charge in [-0.1, -0.05) is 36.4 Å². The number of methoxy groups -OCH3 is 1. The molecule has 0 atom stereocenters. The number of nitro groups is 1. The summed E-state index contributed by atoms with van der Waals surface area (Å²) in [5.74, 6) is 1.10. The summed E-state index contributed by atoms with van der Waals surface area (Å²) in [6.07, 6.45) is 1.27. The van der Waals surface area contributed by atoms with Gasteiger partial charge in [0, 0.05) is 11.9 Å². The molecular weight excluding hydrogens is 396 g/mol. The monoisotopic (exact) mass is 416 g/mol. The van der Waals surface area contributed by atoms with Crippen LogP contribution in [0.5, 0.6) is 17.4 Å². The molecule has 8 heteroatoms. The Labute approximate surface area is 178 Å². The fourth-order valence-electron chi connectivity index (χ4n) is 3.42. The summed E-state index contributed by atoms with van der Waals surface area (Å²) in [6.45, 7) is 2.38. The maximum Gasteiger partial charge on any atom is 0.373 e. The molecule has 3 aromatic carbocycles. The van der Waals surface area contributed by atoms with E-state index >= 15 is 0 Å². The van der Waals surface area contributed by atoms with Gasteiger partial charge in [0.05, 0.1) is 17.7 Å². The van der Waals surface area contributed by atoms with Crippen molar-refractivity contribution in [1.29, 1.82) is 0 Å². The molecule has 0 unspecified atom stereocenters. The van der Waals surface area contributed by atoms with Crippen LogP contribution in [-0.4, -0.2) is 28.5 Å². The molecule has 0 amide bonds. The first-order valence-corrected chi connectivity index (χ1v) is 9.69. The van der Waals surface area contributed by atoms with Gasteiger partial charge in [0.25, 0.3) is 0 Å². The number of hydrogen-bond acceptors (Lipinski definition) is 7. The molecule has 0 aliphatic heterocycles. The minimum atomic E-state index is -0.512. The van der Waals surface area contributed by atoms with Crippen molar-refractivity contribution in [3.63, 3.8) is 0 Å². The molecule has 4 aromatic rings. The van der Waals surface area contributed by atoms with Crippen molar-refractivity contribution >= 4 is 28.0 Å². The predicted octanol–water partition coefficient (Wildman–Crippen LogP) is 5.50. The molecule has 156 valence electrons. The quantitative estimate of drug-likeness (QED) is 0.290. The van der Waals surface area contributed by atoms with Gasteiger partial charge in [0.2, 0.25) is 5.82 Å². The average Bonchev–Trinajstić information content (AvgIpc) is 2.80. The Kier molecular flexibility index (Phi) is 5.61. The zero-order valence-corrected chi connectivity index (χ0v) is 17.1. The Morgan fingerprint density at radius 1 is 0.968 bits per heavy atom. The summed E-state index contributed by atoms with van der Waals surface area (Å²) in [7, 11) is 1.56. The molecule has 0 aliphatic rings. The fraction of sp³-hybridized carbons (Fsp3) is 0.130. The van der Waals surface area contributed by atoms with E-state index in [1.54, 1.807) is 36.3 Å². The minimum absolute atomic E-state index is 0.126. The molecular formula is C23H20N4O4. The standard InChI is InChI=1S/C23H20N4O4/c1-3-26(20-10-6-8-16-7-4-5-9-19(16)20)22-21(27(28)29)23(25-15-24-22)31-18-13-11-17(30-2)12-14-18/h4-15H,3H2,1-2H3. The summed E-state index contributed by atoms with van der Waals surface area (Å²) in [5.41, 5.74) is 0.519. The Balaban J connectivity index is 1.81. The zero-order chi connectivity index (χ0) is 21.8. The van der Waals surface area contributed by atoms with Crippen LogP contribution in [0.15, 0.2) is 73.1 Å². The molecule has 0 N–H and O–H groups in total. The highest BCUT2D eigenvalue weighted by atomic mass is 16.6. The highest BCUT2D eigenvalue weighted by molar-refractivity contribution is 5.96. The second kappa shape index (κ2) is 8.66. The number of ether oxygens (including phenoxy) is 2. The van der Waals surface area contributed by atoms with Crippen LogP contribution in [-0.2, 0) is 0 Å². The smallest absolute Gasteiger partial charge is 0.373 e. The van der Waals surface area contributed by atoms with Crippen molar-refractivity contribution in [2.45, 2.75) is 6.92 Å². The summed E-state index contributed by atoms with van der Waals surface area (Å²) in [6, 6.07) is 20.4. The van der Waals surface area contributed by atoms with E-state index in [-0.39, 0.29) is 17.4 Å². The zero-order valence-electron chi connectivity index (χ0n) is 17.1. The van der Waals surface area contributed by atoms with Crippen molar-refractivity contribution in [3.05, 3.63) is 83.2 Å². The van der Waals surface area contributed by atoms with Gasteiger partial charge in [-0.05, 0) is 42.6 Å². The molecule has 31 heavy (non-hydrogen) atoms. The van der Waals surface area contributed by atoms with Crippen LogP contribution in [0.3, 0.4) is 0 Å². The number of nitrogens with zero attached hydrogens (tertiary/aromatic N) is 4. The van der Waals surface area contributed by atoms with Gasteiger partial charge in [-0.15, -0.1) is 0 Å². The van der Waals surface area contributed by atoms with Crippen molar-refractivity contribution in [1.82, 2.24) is 9.97 Å². The Bertz CT molecular complexity index is 1220. The second-order valence-electron chi connectivity index (χ2n) is 6.63. The SMILES string of the molecule is CCN(c1ncnc(Oc2ccc(OC)cc2)c1[N+](=O)[O-])c1cccc2ccccc12. The van der Waals surface area contributed by atoms with Gasteiger partial charge in [-0.3, -0.25) is 10.1 Å². The van der Waals surface area contributed by atoms with Crippen LogP contribution < -0.4 is 14.4 Å². The lowest BCUT2D eigenvalue weighted by Gasteiger charge is -2.23. The van der Waals surface area contributed by atoms with Gasteiger partial charge in [0.1, 0.15) is 17.8 Å². The summed E-state index contributed by atoms with van der Waals surface area (Å²) in [4.78, 5) is 21.6. The molecule has 0 radical (unpaired) electrons. The van der Waals surface area contributed by atoms with Gasteiger partial charge >= 0.3 is 11.6 Å². The third kappa shape index (κ3) is 3.95. The third-order valence-electron chi connectivity index (χ3n) is 4.86. The number of aromatic nitrogens is 2. The molecule has 0 aliphatic carbocycles. The number of benzene rings is 3. The highest BCUT2D eigenvalue weighted by Gasteiger charge is 2.29. The first-order chi connectivity index (χ1) is 15.1. The molecule has 0 spiro atoms. The minimum Gasteiger partial charge on any atom is -0.497 e. The molecule has 8 nitrogen and oxygen atoms in total. The van der Waals surface area contributed by atoms with E-state index in [0.29, 0.717) is 18.0 Å². The summed E-state index contributed by atoms with van der Waals surface area (Å²) in [5, 5.41) is 14.0. The summed E-state index contributed by atoms with van der Waals surface area (Å²) < 4.78 is 10.9. The lowest BCUT2D eigenvalue weighted by molar-refractivity contribution is -0.385. The van der Waals surface area contributed by atoms with Gasteiger partial charge in [0.15, 0.2) is 0 Å². The number of anilines is 2. The Hall–Kier alpha value is -4.20. The Morgan fingerprint density at radius 3 is 2.39 bits per heavy atom. The van der Waals surface area contributed by atoms with Crippen LogP contribution in [0.4, 0.5) is 17.2 Å². The lowest BCUT2D eigenvalue weighted by atomic mass is 10.1. The van der Waals surface area contributed by atoms with Gasteiger partial charge < -0.3 is 14.4 Å². The molecule has 1 aromatic heterocycles. The van der Waals surface area contributed by atoms with E-state index in [0.717, 1.165) is 16.5 Å². The number of rotatable bonds is 7. The van der Waals surface area contributed by atoms with Crippen LogP contribution in [0, 0.1) is 10.1 Å². The van der Waals surface area contributed by atoms with E-state index in [2.05, 4.69) is 9.97 Å². The van der Waals surface area contributed by atoms with Crippen LogP contribution in [0.2, 0.25) is 0 Å². The van der Waals surface area contributed by atoms with Crippen LogP contribution in [0.25, 0.3) is 10.8 Å². The van der Waals surface area contributed by atoms with Crippen molar-refractivity contribution in [2.24, 2.45) is 0 Å².